The number of rotatable bonds is 1. The van der Waals surface area contributed by atoms with Gasteiger partial charge in [-0.1, -0.05) is 81.7 Å². The summed E-state index contributed by atoms with van der Waals surface area (Å²) >= 11 is 36.0. The van der Waals surface area contributed by atoms with Crippen LogP contribution in [0.1, 0.15) is 30.9 Å². The Labute approximate surface area is 175 Å². The maximum absolute atomic E-state index is 8.91. The topological polar surface area (TPSA) is 48.5 Å². The van der Waals surface area contributed by atoms with Crippen molar-refractivity contribution >= 4 is 81.2 Å². The standard InChI is InChI=1S/C16H11Cl6N3/c1-9-2-7-12(11-5-3-10(8-23)4-6-11)24-14(16(20,21)22)25-13(9)15(17,18)19/h3-6H,2,7H2,1H3/b13-9+,24-12+,25-14-. The quantitative estimate of drug-likeness (QED) is 0.441. The van der Waals surface area contributed by atoms with Gasteiger partial charge >= 0.3 is 0 Å². The van der Waals surface area contributed by atoms with E-state index in [2.05, 4.69) is 16.1 Å². The van der Waals surface area contributed by atoms with Crippen LogP contribution in [0.15, 0.2) is 45.5 Å². The van der Waals surface area contributed by atoms with Crippen molar-refractivity contribution in [3.63, 3.8) is 0 Å². The first-order valence-electron chi connectivity index (χ1n) is 7.03. The maximum Gasteiger partial charge on any atom is 0.250 e. The molecule has 0 bridgehead atoms. The van der Waals surface area contributed by atoms with Gasteiger partial charge in [0.2, 0.25) is 7.59 Å². The lowest BCUT2D eigenvalue weighted by atomic mass is 10.00. The van der Waals surface area contributed by atoms with E-state index in [4.69, 9.17) is 74.9 Å². The Kier molecular flexibility index (Phi) is 6.71. The van der Waals surface area contributed by atoms with E-state index >= 15 is 0 Å². The molecule has 132 valence electrons. The molecule has 2 rings (SSSR count). The Morgan fingerprint density at radius 1 is 0.920 bits per heavy atom. The fraction of sp³-hybridized carbons (Fsp3) is 0.312. The summed E-state index contributed by atoms with van der Waals surface area (Å²) in [7, 11) is 0. The van der Waals surface area contributed by atoms with Crippen molar-refractivity contribution in [2.45, 2.75) is 27.4 Å². The molecule has 0 saturated heterocycles. The van der Waals surface area contributed by atoms with E-state index in [-0.39, 0.29) is 11.5 Å². The SMILES string of the molecule is C\C1=C(C(Cl)(Cl)Cl)/N=C(C(Cl)(Cl)Cl)\N=C(\c2ccc(C#N)cc2)CC1. The van der Waals surface area contributed by atoms with Gasteiger partial charge < -0.3 is 0 Å². The highest BCUT2D eigenvalue weighted by atomic mass is 35.6. The summed E-state index contributed by atoms with van der Waals surface area (Å²) in [6.45, 7) is 1.80. The summed E-state index contributed by atoms with van der Waals surface area (Å²) in [4.78, 5) is 8.64. The van der Waals surface area contributed by atoms with Crippen LogP contribution in [-0.4, -0.2) is 19.1 Å². The highest BCUT2D eigenvalue weighted by Gasteiger charge is 2.35. The van der Waals surface area contributed by atoms with Gasteiger partial charge in [-0.25, -0.2) is 9.98 Å². The van der Waals surface area contributed by atoms with Gasteiger partial charge in [0.15, 0.2) is 5.84 Å². The van der Waals surface area contributed by atoms with Crippen LogP contribution >= 0.6 is 69.6 Å². The number of aliphatic imine (C=N–C) groups is 2. The summed E-state index contributed by atoms with van der Waals surface area (Å²) < 4.78 is -3.65. The van der Waals surface area contributed by atoms with Crippen LogP contribution in [0, 0.1) is 11.3 Å². The summed E-state index contributed by atoms with van der Waals surface area (Å²) in [5, 5.41) is 8.91. The molecule has 1 heterocycles. The van der Waals surface area contributed by atoms with Crippen molar-refractivity contribution in [1.82, 2.24) is 0 Å². The summed E-state index contributed by atoms with van der Waals surface area (Å²) in [6.07, 6.45) is 1.10. The highest BCUT2D eigenvalue weighted by molar-refractivity contribution is 6.77. The summed E-state index contributed by atoms with van der Waals surface area (Å²) in [5.41, 5.74) is 2.96. The second-order valence-corrected chi connectivity index (χ2v) is 9.87. The van der Waals surface area contributed by atoms with Crippen molar-refractivity contribution in [2.75, 3.05) is 0 Å². The number of nitriles is 1. The second-order valence-electron chi connectivity index (χ2n) is 5.31. The average molecular weight is 458 g/mol. The van der Waals surface area contributed by atoms with E-state index in [0.717, 1.165) is 11.1 Å². The molecule has 0 amide bonds. The van der Waals surface area contributed by atoms with Crippen LogP contribution in [-0.2, 0) is 0 Å². The molecule has 0 aliphatic carbocycles. The van der Waals surface area contributed by atoms with Gasteiger partial charge in [0.25, 0.3) is 0 Å². The molecular formula is C16H11Cl6N3. The lowest BCUT2D eigenvalue weighted by Gasteiger charge is -2.22. The van der Waals surface area contributed by atoms with Crippen LogP contribution in [0.2, 0.25) is 0 Å². The number of hydrogen-bond acceptors (Lipinski definition) is 3. The van der Waals surface area contributed by atoms with E-state index in [1.165, 1.54) is 0 Å². The molecule has 1 aromatic rings. The molecule has 0 fully saturated rings. The molecule has 1 aliphatic heterocycles. The monoisotopic (exact) mass is 455 g/mol. The molecular weight excluding hydrogens is 447 g/mol. The number of amidine groups is 1. The third-order valence-corrected chi connectivity index (χ3v) is 4.51. The Morgan fingerprint density at radius 2 is 1.52 bits per heavy atom. The third-order valence-electron chi connectivity index (χ3n) is 3.47. The molecule has 0 atom stereocenters. The van der Waals surface area contributed by atoms with Crippen LogP contribution in [0.25, 0.3) is 0 Å². The van der Waals surface area contributed by atoms with Crippen molar-refractivity contribution in [1.29, 1.82) is 5.26 Å². The number of alkyl halides is 6. The van der Waals surface area contributed by atoms with Crippen LogP contribution in [0.4, 0.5) is 0 Å². The number of nitrogens with zero attached hydrogens (tertiary/aromatic N) is 3. The maximum atomic E-state index is 8.91. The van der Waals surface area contributed by atoms with E-state index in [1.54, 1.807) is 31.2 Å². The highest BCUT2D eigenvalue weighted by Crippen LogP contribution is 2.41. The van der Waals surface area contributed by atoms with Gasteiger partial charge in [-0.15, -0.1) is 0 Å². The number of benzene rings is 1. The van der Waals surface area contributed by atoms with Gasteiger partial charge in [-0.2, -0.15) is 5.26 Å². The lowest BCUT2D eigenvalue weighted by molar-refractivity contribution is 0.946. The largest absolute Gasteiger partial charge is 0.250 e. The van der Waals surface area contributed by atoms with Crippen molar-refractivity contribution < 1.29 is 0 Å². The van der Waals surface area contributed by atoms with Crippen LogP contribution in [0.5, 0.6) is 0 Å². The number of allylic oxidation sites excluding steroid dienone is 2. The average Bonchev–Trinajstić information content (AvgIpc) is 2.49. The second kappa shape index (κ2) is 8.05. The minimum atomic E-state index is -1.89. The van der Waals surface area contributed by atoms with E-state index < -0.39 is 7.59 Å². The zero-order chi connectivity index (χ0) is 18.8. The molecule has 1 aromatic carbocycles. The minimum absolute atomic E-state index is 0.0859. The molecule has 3 nitrogen and oxygen atoms in total. The Bertz CT molecular complexity index is 789. The van der Waals surface area contributed by atoms with Gasteiger partial charge in [0.1, 0.15) is 0 Å². The number of hydrogen-bond donors (Lipinski definition) is 0. The third kappa shape index (κ3) is 5.50. The first-order chi connectivity index (χ1) is 11.5. The van der Waals surface area contributed by atoms with E-state index in [0.29, 0.717) is 24.1 Å². The molecule has 0 saturated carbocycles. The normalized spacial score (nSPS) is 23.6. The first-order valence-corrected chi connectivity index (χ1v) is 9.30. The fourth-order valence-electron chi connectivity index (χ4n) is 2.21. The molecule has 0 N–H and O–H groups in total. The molecule has 1 aliphatic rings. The minimum Gasteiger partial charge on any atom is -0.233 e. The van der Waals surface area contributed by atoms with E-state index in [1.807, 2.05) is 0 Å². The predicted molar refractivity (Wildman–Crippen MR) is 108 cm³/mol. The molecule has 0 spiro atoms. The molecule has 0 aromatic heterocycles. The van der Waals surface area contributed by atoms with Crippen molar-refractivity contribution in [3.05, 3.63) is 46.7 Å². The van der Waals surface area contributed by atoms with Gasteiger partial charge in [-0.3, -0.25) is 0 Å². The molecule has 25 heavy (non-hydrogen) atoms. The molecule has 0 radical (unpaired) electrons. The van der Waals surface area contributed by atoms with Gasteiger partial charge in [0.05, 0.1) is 23.0 Å². The number of halogens is 6. The summed E-state index contributed by atoms with van der Waals surface area (Å²) in [6, 6.07) is 9.01. The van der Waals surface area contributed by atoms with Gasteiger partial charge in [-0.05, 0) is 43.0 Å². The molecule has 9 heteroatoms. The first kappa shape index (κ1) is 20.8. The van der Waals surface area contributed by atoms with E-state index in [9.17, 15) is 0 Å². The lowest BCUT2D eigenvalue weighted by Crippen LogP contribution is -2.23. The predicted octanol–water partition coefficient (Wildman–Crippen LogP) is 6.55. The van der Waals surface area contributed by atoms with Crippen LogP contribution in [0.3, 0.4) is 0 Å². The van der Waals surface area contributed by atoms with Crippen molar-refractivity contribution in [2.24, 2.45) is 9.98 Å². The van der Waals surface area contributed by atoms with Gasteiger partial charge in [0, 0.05) is 0 Å². The summed E-state index contributed by atoms with van der Waals surface area (Å²) in [5.74, 6) is -0.0859. The zero-order valence-corrected chi connectivity index (χ0v) is 17.4. The fourth-order valence-corrected chi connectivity index (χ4v) is 3.08. The zero-order valence-electron chi connectivity index (χ0n) is 12.8. The Morgan fingerprint density at radius 3 is 2.00 bits per heavy atom. The Hall–Kier alpha value is -0.470. The smallest absolute Gasteiger partial charge is 0.233 e. The molecule has 0 unspecified atom stereocenters. The Balaban J connectivity index is 2.58. The van der Waals surface area contributed by atoms with Crippen molar-refractivity contribution in [3.8, 4) is 6.07 Å². The van der Waals surface area contributed by atoms with Crippen LogP contribution < -0.4 is 0 Å².